The summed E-state index contributed by atoms with van der Waals surface area (Å²) in [6.07, 6.45) is -0.511. The molecule has 0 N–H and O–H groups in total. The Morgan fingerprint density at radius 3 is 2.21 bits per heavy atom. The van der Waals surface area contributed by atoms with Crippen LogP contribution < -0.4 is 0 Å². The fourth-order valence-electron chi connectivity index (χ4n) is 2.18. The van der Waals surface area contributed by atoms with Crippen LogP contribution in [0.5, 0.6) is 0 Å². The topological polar surface area (TPSA) is 17.1 Å². The van der Waals surface area contributed by atoms with Crippen LogP contribution in [0.15, 0.2) is 0 Å². The maximum Gasteiger partial charge on any atom is 0.230 e. The van der Waals surface area contributed by atoms with Gasteiger partial charge in [0.2, 0.25) is 5.24 Å². The van der Waals surface area contributed by atoms with Crippen molar-refractivity contribution < 1.29 is 13.6 Å². The van der Waals surface area contributed by atoms with Crippen molar-refractivity contribution in [2.45, 2.75) is 45.0 Å². The molecule has 0 spiro atoms. The van der Waals surface area contributed by atoms with Crippen molar-refractivity contribution in [3.63, 3.8) is 0 Å². The van der Waals surface area contributed by atoms with E-state index < -0.39 is 23.5 Å². The molecule has 1 rings (SSSR count). The molecular weight excluding hydrogens is 210 g/mol. The van der Waals surface area contributed by atoms with Crippen LogP contribution in [0.25, 0.3) is 0 Å². The quantitative estimate of drug-likeness (QED) is 0.673. The molecule has 0 bridgehead atoms. The number of halogens is 3. The monoisotopic (exact) mass is 224 g/mol. The lowest BCUT2D eigenvalue weighted by atomic mass is 9.78. The summed E-state index contributed by atoms with van der Waals surface area (Å²) in [6, 6.07) is 0. The molecule has 82 valence electrons. The second-order valence-electron chi connectivity index (χ2n) is 3.99. The summed E-state index contributed by atoms with van der Waals surface area (Å²) in [5.74, 6) is -1.16. The molecule has 1 aliphatic carbocycles. The van der Waals surface area contributed by atoms with Crippen molar-refractivity contribution in [2.24, 2.45) is 11.8 Å². The van der Waals surface area contributed by atoms with Gasteiger partial charge in [-0.25, -0.2) is 8.78 Å². The first-order chi connectivity index (χ1) is 6.56. The van der Waals surface area contributed by atoms with Crippen LogP contribution >= 0.6 is 11.6 Å². The van der Waals surface area contributed by atoms with Crippen LogP contribution in [0.3, 0.4) is 0 Å². The number of hydrogen-bond acceptors (Lipinski definition) is 1. The lowest BCUT2D eigenvalue weighted by Gasteiger charge is -2.32. The molecule has 0 saturated heterocycles. The van der Waals surface area contributed by atoms with Gasteiger partial charge in [0, 0.05) is 0 Å². The van der Waals surface area contributed by atoms with Crippen molar-refractivity contribution in [1.82, 2.24) is 0 Å². The number of carbonyl (C=O) groups excluding carboxylic acids is 1. The molecule has 0 aliphatic heterocycles. The van der Waals surface area contributed by atoms with Crippen molar-refractivity contribution >= 4 is 16.8 Å². The van der Waals surface area contributed by atoms with Gasteiger partial charge in [-0.3, -0.25) is 4.79 Å². The summed E-state index contributed by atoms with van der Waals surface area (Å²) in [6.45, 7) is 1.99. The molecule has 1 nitrogen and oxygen atoms in total. The van der Waals surface area contributed by atoms with Crippen LogP contribution in [0.2, 0.25) is 0 Å². The molecule has 0 aromatic rings. The molecule has 2 atom stereocenters. The molecule has 14 heavy (non-hydrogen) atoms. The molecule has 0 radical (unpaired) electrons. The Labute approximate surface area is 87.8 Å². The first-order valence-corrected chi connectivity index (χ1v) is 5.41. The minimum Gasteiger partial charge on any atom is -0.281 e. The van der Waals surface area contributed by atoms with E-state index >= 15 is 0 Å². The first-order valence-electron chi connectivity index (χ1n) is 5.03. The number of carbonyl (C=O) groups is 1. The Kier molecular flexibility index (Phi) is 4.30. The Morgan fingerprint density at radius 2 is 1.86 bits per heavy atom. The van der Waals surface area contributed by atoms with E-state index in [4.69, 9.17) is 11.6 Å². The van der Waals surface area contributed by atoms with Crippen LogP contribution in [0.4, 0.5) is 8.78 Å². The lowest BCUT2D eigenvalue weighted by Crippen LogP contribution is -2.38. The Morgan fingerprint density at radius 1 is 1.36 bits per heavy atom. The van der Waals surface area contributed by atoms with Gasteiger partial charge in [0.1, 0.15) is 12.3 Å². The van der Waals surface area contributed by atoms with Gasteiger partial charge in [0.25, 0.3) is 0 Å². The average molecular weight is 225 g/mol. The maximum atomic E-state index is 13.4. The van der Waals surface area contributed by atoms with Crippen LogP contribution in [0.1, 0.15) is 32.6 Å². The fourth-order valence-corrected chi connectivity index (χ4v) is 2.45. The molecule has 1 fully saturated rings. The van der Waals surface area contributed by atoms with E-state index in [1.165, 1.54) is 0 Å². The second-order valence-corrected chi connectivity index (χ2v) is 4.36. The number of alkyl halides is 2. The molecular formula is C10H15ClF2O. The first kappa shape index (κ1) is 11.9. The summed E-state index contributed by atoms with van der Waals surface area (Å²) in [5, 5.41) is -0.875. The van der Waals surface area contributed by atoms with E-state index in [-0.39, 0.29) is 18.8 Å². The number of rotatable bonds is 3. The van der Waals surface area contributed by atoms with E-state index in [1.54, 1.807) is 0 Å². The third kappa shape index (κ3) is 2.66. The summed E-state index contributed by atoms with van der Waals surface area (Å²) >= 11 is 5.15. The molecule has 4 heteroatoms. The van der Waals surface area contributed by atoms with Gasteiger partial charge in [-0.05, 0) is 30.4 Å². The maximum absolute atomic E-state index is 13.4. The second kappa shape index (κ2) is 5.06. The molecule has 1 aliphatic rings. The van der Waals surface area contributed by atoms with Crippen molar-refractivity contribution in [2.75, 3.05) is 0 Å². The highest BCUT2D eigenvalue weighted by Gasteiger charge is 2.41. The van der Waals surface area contributed by atoms with Gasteiger partial charge in [-0.15, -0.1) is 0 Å². The van der Waals surface area contributed by atoms with E-state index in [0.717, 1.165) is 12.8 Å². The van der Waals surface area contributed by atoms with Crippen molar-refractivity contribution in [1.29, 1.82) is 0 Å². The molecule has 0 aromatic carbocycles. The highest BCUT2D eigenvalue weighted by molar-refractivity contribution is 6.64. The SMILES string of the molecule is CCCC1CC(F)C(C(=O)Cl)C(F)C1. The van der Waals surface area contributed by atoms with Crippen LogP contribution in [-0.4, -0.2) is 17.6 Å². The molecule has 2 unspecified atom stereocenters. The lowest BCUT2D eigenvalue weighted by molar-refractivity contribution is -0.121. The highest BCUT2D eigenvalue weighted by atomic mass is 35.5. The van der Waals surface area contributed by atoms with Gasteiger partial charge >= 0.3 is 0 Å². The van der Waals surface area contributed by atoms with E-state index in [9.17, 15) is 13.6 Å². The highest BCUT2D eigenvalue weighted by Crippen LogP contribution is 2.36. The van der Waals surface area contributed by atoms with Gasteiger partial charge in [-0.1, -0.05) is 19.8 Å². The van der Waals surface area contributed by atoms with Gasteiger partial charge in [-0.2, -0.15) is 0 Å². The predicted molar refractivity (Wildman–Crippen MR) is 51.8 cm³/mol. The minimum atomic E-state index is -1.40. The van der Waals surface area contributed by atoms with E-state index in [0.29, 0.717) is 0 Å². The third-order valence-electron chi connectivity index (χ3n) is 2.86. The van der Waals surface area contributed by atoms with Crippen LogP contribution in [-0.2, 0) is 4.79 Å². The minimum absolute atomic E-state index is 0.0669. The zero-order valence-electron chi connectivity index (χ0n) is 8.18. The van der Waals surface area contributed by atoms with Gasteiger partial charge < -0.3 is 0 Å². The zero-order chi connectivity index (χ0) is 10.7. The molecule has 0 heterocycles. The predicted octanol–water partition coefficient (Wildman–Crippen LogP) is 3.25. The average Bonchev–Trinajstić information content (AvgIpc) is 2.01. The number of hydrogen-bond donors (Lipinski definition) is 0. The summed E-state index contributed by atoms with van der Waals surface area (Å²) in [7, 11) is 0. The summed E-state index contributed by atoms with van der Waals surface area (Å²) in [5.41, 5.74) is 0. The smallest absolute Gasteiger partial charge is 0.230 e. The molecule has 1 saturated carbocycles. The van der Waals surface area contributed by atoms with E-state index in [1.807, 2.05) is 6.92 Å². The van der Waals surface area contributed by atoms with Crippen molar-refractivity contribution in [3.05, 3.63) is 0 Å². The summed E-state index contributed by atoms with van der Waals surface area (Å²) in [4.78, 5) is 10.8. The molecule has 0 aromatic heterocycles. The Balaban J connectivity index is 2.58. The third-order valence-corrected chi connectivity index (χ3v) is 3.11. The van der Waals surface area contributed by atoms with Crippen LogP contribution in [0, 0.1) is 11.8 Å². The normalized spacial score (nSPS) is 38.3. The molecule has 0 amide bonds. The Hall–Kier alpha value is -0.180. The fraction of sp³-hybridized carbons (Fsp3) is 0.900. The summed E-state index contributed by atoms with van der Waals surface area (Å²) < 4.78 is 26.8. The van der Waals surface area contributed by atoms with Gasteiger partial charge in [0.15, 0.2) is 0 Å². The van der Waals surface area contributed by atoms with Gasteiger partial charge in [0.05, 0.1) is 5.92 Å². The van der Waals surface area contributed by atoms with Crippen molar-refractivity contribution in [3.8, 4) is 0 Å². The standard InChI is InChI=1S/C10H15ClF2O/c1-2-3-6-4-7(12)9(10(11)14)8(13)5-6/h6-9H,2-5H2,1H3. The Bertz CT molecular complexity index is 198. The largest absolute Gasteiger partial charge is 0.281 e. The zero-order valence-corrected chi connectivity index (χ0v) is 8.94. The van der Waals surface area contributed by atoms with E-state index in [2.05, 4.69) is 0 Å².